The van der Waals surface area contributed by atoms with Crippen LogP contribution in [0.4, 0.5) is 5.82 Å². The molecule has 10 heteroatoms. The summed E-state index contributed by atoms with van der Waals surface area (Å²) in [6.07, 6.45) is 7.61. The quantitative estimate of drug-likeness (QED) is 0.293. The molecule has 1 fully saturated rings. The fraction of sp³-hybridized carbons (Fsp3) is 0.400. The lowest BCUT2D eigenvalue weighted by Gasteiger charge is -2.16. The van der Waals surface area contributed by atoms with Gasteiger partial charge in [0.25, 0.3) is 0 Å². The van der Waals surface area contributed by atoms with Crippen molar-refractivity contribution >= 4 is 33.7 Å². The molecule has 1 aliphatic carbocycles. The fourth-order valence-electron chi connectivity index (χ4n) is 5.07. The summed E-state index contributed by atoms with van der Waals surface area (Å²) in [4.78, 5) is 16.7. The van der Waals surface area contributed by atoms with E-state index in [-0.39, 0.29) is 16.8 Å². The Balaban J connectivity index is 1.54. The van der Waals surface area contributed by atoms with Gasteiger partial charge in [-0.05, 0) is 49.7 Å². The fourth-order valence-corrected chi connectivity index (χ4v) is 6.43. The van der Waals surface area contributed by atoms with Gasteiger partial charge in [-0.3, -0.25) is 4.40 Å². The molecule has 182 valence electrons. The van der Waals surface area contributed by atoms with Gasteiger partial charge in [0, 0.05) is 12.0 Å². The number of fused-ring (bicyclic) bond motifs is 3. The van der Waals surface area contributed by atoms with Crippen molar-refractivity contribution in [1.82, 2.24) is 19.6 Å². The van der Waals surface area contributed by atoms with Gasteiger partial charge in [0.2, 0.25) is 5.65 Å². The zero-order chi connectivity index (χ0) is 24.7. The number of rotatable bonds is 6. The Morgan fingerprint density at radius 2 is 1.97 bits per heavy atom. The maximum atomic E-state index is 13.4. The van der Waals surface area contributed by atoms with Gasteiger partial charge >= 0.3 is 21.8 Å². The van der Waals surface area contributed by atoms with Gasteiger partial charge in [-0.1, -0.05) is 36.6 Å². The van der Waals surface area contributed by atoms with Crippen molar-refractivity contribution in [3.63, 3.8) is 0 Å². The number of hydrogen-bond donors (Lipinski definition) is 0. The number of nitrogens with zero attached hydrogens (tertiary/aromatic N) is 5. The minimum atomic E-state index is -3.80. The third-order valence-corrected chi connectivity index (χ3v) is 8.53. The Morgan fingerprint density at radius 3 is 2.69 bits per heavy atom. The summed E-state index contributed by atoms with van der Waals surface area (Å²) >= 11 is 0. The predicted molar refractivity (Wildman–Crippen MR) is 129 cm³/mol. The van der Waals surface area contributed by atoms with Gasteiger partial charge in [-0.2, -0.15) is 8.42 Å². The zero-order valence-electron chi connectivity index (χ0n) is 20.0. The molecule has 2 unspecified atom stereocenters. The van der Waals surface area contributed by atoms with Crippen molar-refractivity contribution in [1.29, 1.82) is 0 Å². The predicted octanol–water partition coefficient (Wildman–Crippen LogP) is 3.49. The molecule has 2 aliphatic rings. The first kappa shape index (κ1) is 23.3. The number of hydrogen-bond acceptors (Lipinski definition) is 7. The maximum Gasteiger partial charge on any atom is 0.358 e. The highest BCUT2D eigenvalue weighted by atomic mass is 32.2. The summed E-state index contributed by atoms with van der Waals surface area (Å²) in [7, 11) is -3.80. The highest BCUT2D eigenvalue weighted by molar-refractivity contribution is 7.85. The summed E-state index contributed by atoms with van der Waals surface area (Å²) in [6.45, 7) is 6.18. The van der Waals surface area contributed by atoms with Crippen LogP contribution in [0.1, 0.15) is 56.1 Å². The van der Waals surface area contributed by atoms with E-state index in [2.05, 4.69) is 22.1 Å². The molecule has 1 aliphatic heterocycles. The standard InChI is InChI=1S/C25H28N5O4S/c1-4-18-12-17(14-23(31)34-5-2)13-20(18)24-28-27-22-15-26-25-21(30(22)24)10-11-29(25)35(32,33)19-8-6-16(3)7-9-19/h6-9,11,14-15,18,20H,4-5,10,12-13H2,1-3H3/q+1. The number of benzene rings is 1. The molecule has 2 atom stereocenters. The van der Waals surface area contributed by atoms with Crippen LogP contribution in [-0.4, -0.2) is 50.8 Å². The summed E-state index contributed by atoms with van der Waals surface area (Å²) in [5, 5.41) is 8.84. The van der Waals surface area contributed by atoms with Gasteiger partial charge in [0.05, 0.1) is 19.2 Å². The van der Waals surface area contributed by atoms with Gasteiger partial charge in [-0.15, -0.1) is 14.2 Å². The first-order chi connectivity index (χ1) is 16.8. The monoisotopic (exact) mass is 494 g/mol. The van der Waals surface area contributed by atoms with Gasteiger partial charge < -0.3 is 4.74 Å². The SMILES string of the molecule is CCOC(=O)C=C1CC(CC)C(c2nnc3cnc4c(n23)CC=[N+]4S(=O)(=O)c2ccc(C)cc2)C1. The van der Waals surface area contributed by atoms with E-state index in [9.17, 15) is 13.2 Å². The van der Waals surface area contributed by atoms with Crippen molar-refractivity contribution in [2.75, 3.05) is 6.61 Å². The average molecular weight is 495 g/mol. The lowest BCUT2D eigenvalue weighted by atomic mass is 9.93. The molecule has 2 aromatic heterocycles. The smallest absolute Gasteiger partial charge is 0.358 e. The van der Waals surface area contributed by atoms with E-state index in [1.165, 1.54) is 3.98 Å². The molecule has 0 bridgehead atoms. The number of esters is 1. The van der Waals surface area contributed by atoms with Gasteiger partial charge in [-0.25, -0.2) is 4.79 Å². The van der Waals surface area contributed by atoms with E-state index in [1.54, 1.807) is 49.7 Å². The largest absolute Gasteiger partial charge is 0.463 e. The van der Waals surface area contributed by atoms with Crippen molar-refractivity contribution < 1.29 is 21.9 Å². The van der Waals surface area contributed by atoms with Crippen LogP contribution in [0.25, 0.3) is 5.65 Å². The third kappa shape index (κ3) is 4.05. The maximum absolute atomic E-state index is 13.4. The van der Waals surface area contributed by atoms with Crippen LogP contribution in [0.3, 0.4) is 0 Å². The van der Waals surface area contributed by atoms with E-state index in [1.807, 2.05) is 11.3 Å². The van der Waals surface area contributed by atoms with E-state index in [0.29, 0.717) is 36.8 Å². The van der Waals surface area contributed by atoms with Crippen molar-refractivity contribution in [3.05, 3.63) is 59.2 Å². The van der Waals surface area contributed by atoms with Crippen molar-refractivity contribution in [2.45, 2.75) is 57.3 Å². The Bertz CT molecular complexity index is 1470. The van der Waals surface area contributed by atoms with E-state index in [4.69, 9.17) is 4.74 Å². The number of aryl methyl sites for hydroxylation is 1. The van der Waals surface area contributed by atoms with Crippen LogP contribution < -0.4 is 0 Å². The molecule has 1 aromatic carbocycles. The minimum Gasteiger partial charge on any atom is -0.463 e. The van der Waals surface area contributed by atoms with Crippen LogP contribution in [0.2, 0.25) is 0 Å². The number of aromatic nitrogens is 4. The second-order valence-electron chi connectivity index (χ2n) is 9.02. The number of ether oxygens (including phenoxy) is 1. The first-order valence-electron chi connectivity index (χ1n) is 11.9. The number of carbonyl (C=O) groups excluding carboxylic acids is 1. The Labute approximate surface area is 204 Å². The second kappa shape index (κ2) is 8.99. The lowest BCUT2D eigenvalue weighted by Crippen LogP contribution is -2.17. The highest BCUT2D eigenvalue weighted by Crippen LogP contribution is 2.44. The number of carbonyl (C=O) groups is 1. The molecule has 0 spiro atoms. The molecule has 5 rings (SSSR count). The van der Waals surface area contributed by atoms with Crippen LogP contribution in [0.15, 0.2) is 47.0 Å². The van der Waals surface area contributed by atoms with Gasteiger partial charge in [0.15, 0.2) is 6.20 Å². The minimum absolute atomic E-state index is 0.0601. The Morgan fingerprint density at radius 1 is 1.20 bits per heavy atom. The van der Waals surface area contributed by atoms with Crippen LogP contribution in [-0.2, 0) is 26.0 Å². The van der Waals surface area contributed by atoms with E-state index >= 15 is 0 Å². The van der Waals surface area contributed by atoms with Gasteiger partial charge in [0.1, 0.15) is 16.4 Å². The molecule has 35 heavy (non-hydrogen) atoms. The molecular formula is C25H28N5O4S+. The van der Waals surface area contributed by atoms with Crippen molar-refractivity contribution in [2.24, 2.45) is 5.92 Å². The number of allylic oxidation sites excluding steroid dienone is 1. The Kier molecular flexibility index (Phi) is 6.00. The molecule has 0 radical (unpaired) electrons. The van der Waals surface area contributed by atoms with E-state index < -0.39 is 10.0 Å². The Hall–Kier alpha value is -3.40. The molecule has 0 amide bonds. The molecule has 0 N–H and O–H groups in total. The zero-order valence-corrected chi connectivity index (χ0v) is 20.8. The topological polar surface area (TPSA) is 107 Å². The van der Waals surface area contributed by atoms with Crippen LogP contribution in [0.5, 0.6) is 0 Å². The molecule has 3 heterocycles. The normalized spacial score (nSPS) is 20.9. The summed E-state index contributed by atoms with van der Waals surface area (Å²) in [5.74, 6) is 1.18. The first-order valence-corrected chi connectivity index (χ1v) is 13.3. The van der Waals surface area contributed by atoms with Crippen LogP contribution >= 0.6 is 0 Å². The second-order valence-corrected chi connectivity index (χ2v) is 10.8. The van der Waals surface area contributed by atoms with E-state index in [0.717, 1.165) is 35.5 Å². The molecule has 0 saturated heterocycles. The summed E-state index contributed by atoms with van der Waals surface area (Å²) < 4.78 is 35.1. The third-order valence-electron chi connectivity index (χ3n) is 6.82. The average Bonchev–Trinajstić information content (AvgIpc) is 3.55. The van der Waals surface area contributed by atoms with Crippen LogP contribution in [0, 0.1) is 12.8 Å². The van der Waals surface area contributed by atoms with Crippen molar-refractivity contribution in [3.8, 4) is 0 Å². The number of sulfonamides is 1. The highest BCUT2D eigenvalue weighted by Gasteiger charge is 2.39. The summed E-state index contributed by atoms with van der Waals surface area (Å²) in [6, 6.07) is 6.79. The molecule has 9 nitrogen and oxygen atoms in total. The molecule has 1 saturated carbocycles. The lowest BCUT2D eigenvalue weighted by molar-refractivity contribution is -0.257. The molecule has 3 aromatic rings. The molecular weight excluding hydrogens is 466 g/mol. The summed E-state index contributed by atoms with van der Waals surface area (Å²) in [5.41, 5.74) is 3.36.